The average molecular weight is 260 g/mol. The number of aryl methyl sites for hydroxylation is 1. The van der Waals surface area contributed by atoms with Crippen molar-refractivity contribution in [1.82, 2.24) is 0 Å². The van der Waals surface area contributed by atoms with Gasteiger partial charge >= 0.3 is 0 Å². The molecule has 1 N–H and O–H groups in total. The first-order valence-electron chi connectivity index (χ1n) is 5.62. The summed E-state index contributed by atoms with van der Waals surface area (Å²) in [5, 5.41) is 12.0. The molecule has 0 saturated heterocycles. The minimum Gasteiger partial charge on any atom is -0.378 e. The smallest absolute Gasteiger partial charge is 0.126 e. The zero-order chi connectivity index (χ0) is 13.1. The molecule has 0 fully saturated rings. The maximum Gasteiger partial charge on any atom is 0.126 e. The van der Waals surface area contributed by atoms with Crippen LogP contribution in [0.4, 0.5) is 10.1 Å². The maximum absolute atomic E-state index is 13.3. The summed E-state index contributed by atoms with van der Waals surface area (Å²) >= 11 is 1.71. The van der Waals surface area contributed by atoms with Gasteiger partial charge in [0.2, 0.25) is 0 Å². The number of rotatable bonds is 3. The monoisotopic (exact) mass is 260 g/mol. The standard InChI is InChI=1S/C14H13FN2S/c1-9-3-4-14(18-9)10(2)17-13-6-11(8-16)5-12(15)7-13/h3-7,10,17H,1-2H3. The van der Waals surface area contributed by atoms with Crippen molar-refractivity contribution < 1.29 is 4.39 Å². The molecule has 0 aliphatic rings. The van der Waals surface area contributed by atoms with Gasteiger partial charge in [-0.25, -0.2) is 4.39 Å². The van der Waals surface area contributed by atoms with Crippen LogP contribution in [-0.4, -0.2) is 0 Å². The van der Waals surface area contributed by atoms with Crippen LogP contribution in [0.3, 0.4) is 0 Å². The second-order valence-corrected chi connectivity index (χ2v) is 5.47. The van der Waals surface area contributed by atoms with Crippen molar-refractivity contribution in [3.8, 4) is 6.07 Å². The number of nitrogens with zero attached hydrogens (tertiary/aromatic N) is 1. The molecule has 18 heavy (non-hydrogen) atoms. The van der Waals surface area contributed by atoms with E-state index in [9.17, 15) is 4.39 Å². The third kappa shape index (κ3) is 2.88. The van der Waals surface area contributed by atoms with Gasteiger partial charge in [0.05, 0.1) is 17.7 Å². The summed E-state index contributed by atoms with van der Waals surface area (Å²) in [5.74, 6) is -0.397. The van der Waals surface area contributed by atoms with Crippen molar-refractivity contribution in [3.05, 3.63) is 51.5 Å². The lowest BCUT2D eigenvalue weighted by Crippen LogP contribution is -2.05. The lowest BCUT2D eigenvalue weighted by Gasteiger charge is -2.14. The van der Waals surface area contributed by atoms with Crippen molar-refractivity contribution >= 4 is 17.0 Å². The molecule has 0 radical (unpaired) electrons. The van der Waals surface area contributed by atoms with E-state index in [1.807, 2.05) is 13.0 Å². The summed E-state index contributed by atoms with van der Waals surface area (Å²) in [6.07, 6.45) is 0. The molecule has 0 aliphatic heterocycles. The summed E-state index contributed by atoms with van der Waals surface area (Å²) in [4.78, 5) is 2.44. The summed E-state index contributed by atoms with van der Waals surface area (Å²) < 4.78 is 13.3. The van der Waals surface area contributed by atoms with Gasteiger partial charge in [0.15, 0.2) is 0 Å². The zero-order valence-electron chi connectivity index (χ0n) is 10.2. The average Bonchev–Trinajstić information content (AvgIpc) is 2.75. The van der Waals surface area contributed by atoms with Crippen molar-refractivity contribution in [2.75, 3.05) is 5.32 Å². The fourth-order valence-electron chi connectivity index (χ4n) is 1.74. The Morgan fingerprint density at radius 3 is 2.72 bits per heavy atom. The Kier molecular flexibility index (Phi) is 3.63. The minimum absolute atomic E-state index is 0.0945. The van der Waals surface area contributed by atoms with E-state index in [1.165, 1.54) is 21.9 Å². The van der Waals surface area contributed by atoms with E-state index in [0.29, 0.717) is 11.3 Å². The van der Waals surface area contributed by atoms with Gasteiger partial charge in [-0.2, -0.15) is 5.26 Å². The Balaban J connectivity index is 2.19. The zero-order valence-corrected chi connectivity index (χ0v) is 11.0. The Morgan fingerprint density at radius 1 is 1.33 bits per heavy atom. The minimum atomic E-state index is -0.397. The molecule has 1 aromatic heterocycles. The second kappa shape index (κ2) is 5.19. The Bertz CT molecular complexity index is 598. The molecule has 92 valence electrons. The van der Waals surface area contributed by atoms with Crippen LogP contribution < -0.4 is 5.32 Å². The van der Waals surface area contributed by atoms with E-state index >= 15 is 0 Å². The van der Waals surface area contributed by atoms with Gasteiger partial charge < -0.3 is 5.32 Å². The molecule has 4 heteroatoms. The van der Waals surface area contributed by atoms with Crippen LogP contribution in [0.15, 0.2) is 30.3 Å². The van der Waals surface area contributed by atoms with Crippen molar-refractivity contribution in [3.63, 3.8) is 0 Å². The molecule has 0 saturated carbocycles. The molecule has 2 rings (SSSR count). The quantitative estimate of drug-likeness (QED) is 0.896. The first-order valence-corrected chi connectivity index (χ1v) is 6.43. The number of halogens is 1. The van der Waals surface area contributed by atoms with Gasteiger partial charge in [-0.05, 0) is 44.2 Å². The lowest BCUT2D eigenvalue weighted by molar-refractivity contribution is 0.627. The highest BCUT2D eigenvalue weighted by atomic mass is 32.1. The fourth-order valence-corrected chi connectivity index (χ4v) is 2.62. The van der Waals surface area contributed by atoms with E-state index in [2.05, 4.69) is 24.4 Å². The van der Waals surface area contributed by atoms with Crippen LogP contribution in [0, 0.1) is 24.1 Å². The molecule has 0 bridgehead atoms. The largest absolute Gasteiger partial charge is 0.378 e. The van der Waals surface area contributed by atoms with Crippen LogP contribution in [0.1, 0.15) is 28.3 Å². The number of nitriles is 1. The van der Waals surface area contributed by atoms with Crippen LogP contribution in [0.2, 0.25) is 0 Å². The van der Waals surface area contributed by atoms with Crippen LogP contribution in [0.5, 0.6) is 0 Å². The van der Waals surface area contributed by atoms with Crippen molar-refractivity contribution in [2.24, 2.45) is 0 Å². The predicted octanol–water partition coefficient (Wildman–Crippen LogP) is 4.24. The normalized spacial score (nSPS) is 11.9. The molecule has 1 atom stereocenters. The Hall–Kier alpha value is -1.86. The second-order valence-electron chi connectivity index (χ2n) is 4.15. The summed E-state index contributed by atoms with van der Waals surface area (Å²) in [7, 11) is 0. The molecule has 1 heterocycles. The number of anilines is 1. The molecule has 0 aliphatic carbocycles. The highest BCUT2D eigenvalue weighted by molar-refractivity contribution is 7.12. The van der Waals surface area contributed by atoms with Crippen LogP contribution in [0.25, 0.3) is 0 Å². The van der Waals surface area contributed by atoms with Gasteiger partial charge in [0.25, 0.3) is 0 Å². The molecule has 1 aromatic carbocycles. The molecular weight excluding hydrogens is 247 g/mol. The highest BCUT2D eigenvalue weighted by Gasteiger charge is 2.08. The topological polar surface area (TPSA) is 35.8 Å². The maximum atomic E-state index is 13.3. The number of thiophene rings is 1. The Labute approximate surface area is 110 Å². The van der Waals surface area contributed by atoms with Gasteiger partial charge in [-0.3, -0.25) is 0 Å². The molecule has 2 aromatic rings. The highest BCUT2D eigenvalue weighted by Crippen LogP contribution is 2.26. The molecular formula is C14H13FN2S. The predicted molar refractivity (Wildman–Crippen MR) is 72.2 cm³/mol. The number of nitrogens with one attached hydrogen (secondary N) is 1. The summed E-state index contributed by atoms with van der Waals surface area (Å²) in [6, 6.07) is 10.4. The summed E-state index contributed by atoms with van der Waals surface area (Å²) in [6.45, 7) is 4.07. The van der Waals surface area contributed by atoms with Crippen LogP contribution >= 0.6 is 11.3 Å². The number of hydrogen-bond donors (Lipinski definition) is 1. The first kappa shape index (κ1) is 12.6. The van der Waals surface area contributed by atoms with E-state index in [1.54, 1.807) is 17.4 Å². The first-order chi connectivity index (χ1) is 8.58. The van der Waals surface area contributed by atoms with Crippen molar-refractivity contribution in [1.29, 1.82) is 5.26 Å². The van der Waals surface area contributed by atoms with Crippen LogP contribution in [-0.2, 0) is 0 Å². The van der Waals surface area contributed by atoms with Gasteiger partial charge in [0.1, 0.15) is 5.82 Å². The van der Waals surface area contributed by atoms with E-state index in [4.69, 9.17) is 5.26 Å². The fraction of sp³-hybridized carbons (Fsp3) is 0.214. The Morgan fingerprint density at radius 2 is 2.11 bits per heavy atom. The van der Waals surface area contributed by atoms with Gasteiger partial charge in [0, 0.05) is 15.4 Å². The third-order valence-corrected chi connectivity index (χ3v) is 3.78. The van der Waals surface area contributed by atoms with Crippen molar-refractivity contribution in [2.45, 2.75) is 19.9 Å². The molecule has 1 unspecified atom stereocenters. The van der Waals surface area contributed by atoms with E-state index < -0.39 is 5.82 Å². The molecule has 0 amide bonds. The number of benzene rings is 1. The molecule has 2 nitrogen and oxygen atoms in total. The SMILES string of the molecule is Cc1ccc(C(C)Nc2cc(F)cc(C#N)c2)s1. The molecule has 0 spiro atoms. The van der Waals surface area contributed by atoms with Gasteiger partial charge in [-0.15, -0.1) is 11.3 Å². The number of hydrogen-bond acceptors (Lipinski definition) is 3. The van der Waals surface area contributed by atoms with E-state index in [-0.39, 0.29) is 6.04 Å². The third-order valence-electron chi connectivity index (χ3n) is 2.60. The lowest BCUT2D eigenvalue weighted by atomic mass is 10.2. The van der Waals surface area contributed by atoms with Gasteiger partial charge in [-0.1, -0.05) is 0 Å². The van der Waals surface area contributed by atoms with E-state index in [0.717, 1.165) is 0 Å². The summed E-state index contributed by atoms with van der Waals surface area (Å²) in [5.41, 5.74) is 0.956.